The number of aryl methyl sites for hydroxylation is 2. The highest BCUT2D eigenvalue weighted by Crippen LogP contribution is 2.43. The lowest BCUT2D eigenvalue weighted by molar-refractivity contribution is -0.143. The summed E-state index contributed by atoms with van der Waals surface area (Å²) in [6.07, 6.45) is -8.20. The first-order valence-corrected chi connectivity index (χ1v) is 19.7. The number of aromatic nitrogens is 3. The number of hydrogen-bond donors (Lipinski definition) is 0. The van der Waals surface area contributed by atoms with Crippen molar-refractivity contribution in [3.63, 3.8) is 0 Å². The van der Waals surface area contributed by atoms with Crippen molar-refractivity contribution in [2.75, 3.05) is 0 Å². The standard InChI is InChI=1S/C52H32F6N4/c1-30-19-31(2)21-36(20-30)34-15-17-42-40-7-3-5-9-45(40)61(47(42)24-34)49-29-60-50(27-44(49)33-13-11-32(28-59)12-14-33)62-46-10-6-4-8-41(46)43-18-16-35(25-48(43)62)37-22-38(51(53,54)55)26-39(23-37)52(56,57)58/h3-27,29H,1-2H3. The second-order valence-corrected chi connectivity index (χ2v) is 15.6. The van der Waals surface area contributed by atoms with Gasteiger partial charge < -0.3 is 4.57 Å². The lowest BCUT2D eigenvalue weighted by Crippen LogP contribution is -2.11. The van der Waals surface area contributed by atoms with E-state index in [0.29, 0.717) is 16.9 Å². The summed E-state index contributed by atoms with van der Waals surface area (Å²) in [4.78, 5) is 5.10. The molecule has 0 bridgehead atoms. The van der Waals surface area contributed by atoms with Crippen LogP contribution >= 0.6 is 0 Å². The van der Waals surface area contributed by atoms with Crippen molar-refractivity contribution < 1.29 is 26.3 Å². The molecule has 0 aliphatic heterocycles. The lowest BCUT2D eigenvalue weighted by Gasteiger charge is -2.17. The number of halogens is 6. The molecule has 0 aliphatic rings. The Morgan fingerprint density at radius 2 is 0.952 bits per heavy atom. The van der Waals surface area contributed by atoms with Gasteiger partial charge in [-0.05, 0) is 102 Å². The van der Waals surface area contributed by atoms with E-state index < -0.39 is 23.5 Å². The molecular formula is C52H32F6N4. The van der Waals surface area contributed by atoms with Crippen LogP contribution in [0.1, 0.15) is 27.8 Å². The van der Waals surface area contributed by atoms with Crippen LogP contribution in [0.15, 0.2) is 158 Å². The number of fused-ring (bicyclic) bond motifs is 6. The molecule has 0 unspecified atom stereocenters. The average molecular weight is 827 g/mol. The quantitative estimate of drug-likeness (QED) is 0.162. The van der Waals surface area contributed by atoms with Crippen LogP contribution in [0.25, 0.3) is 88.5 Å². The van der Waals surface area contributed by atoms with Crippen molar-refractivity contribution >= 4 is 43.6 Å². The van der Waals surface area contributed by atoms with Crippen molar-refractivity contribution in [2.24, 2.45) is 0 Å². The molecule has 3 heterocycles. The molecular weight excluding hydrogens is 795 g/mol. The van der Waals surface area contributed by atoms with Crippen LogP contribution in [0.5, 0.6) is 0 Å². The van der Waals surface area contributed by atoms with E-state index in [-0.39, 0.29) is 17.2 Å². The minimum absolute atomic E-state index is 0.136. The van der Waals surface area contributed by atoms with Gasteiger partial charge in [-0.25, -0.2) is 4.98 Å². The topological polar surface area (TPSA) is 46.5 Å². The van der Waals surface area contributed by atoms with Gasteiger partial charge in [0.05, 0.1) is 56.7 Å². The van der Waals surface area contributed by atoms with E-state index in [0.717, 1.165) is 89.3 Å². The minimum atomic E-state index is -5.00. The summed E-state index contributed by atoms with van der Waals surface area (Å²) in [5.41, 5.74) is 7.60. The maximum atomic E-state index is 14.0. The molecule has 0 atom stereocenters. The second kappa shape index (κ2) is 14.2. The fraction of sp³-hybridized carbons (Fsp3) is 0.0769. The van der Waals surface area contributed by atoms with E-state index >= 15 is 0 Å². The molecule has 10 rings (SSSR count). The van der Waals surface area contributed by atoms with Crippen LogP contribution < -0.4 is 0 Å². The Hall–Kier alpha value is -7.64. The number of hydrogen-bond acceptors (Lipinski definition) is 2. The molecule has 4 nitrogen and oxygen atoms in total. The van der Waals surface area contributed by atoms with Crippen molar-refractivity contribution in [1.29, 1.82) is 5.26 Å². The van der Waals surface area contributed by atoms with Crippen LogP contribution in [0.3, 0.4) is 0 Å². The van der Waals surface area contributed by atoms with Gasteiger partial charge in [0.25, 0.3) is 0 Å². The van der Waals surface area contributed by atoms with E-state index in [1.165, 1.54) is 0 Å². The van der Waals surface area contributed by atoms with Crippen LogP contribution in [-0.4, -0.2) is 14.1 Å². The summed E-state index contributed by atoms with van der Waals surface area (Å²) in [7, 11) is 0. The van der Waals surface area contributed by atoms with Crippen molar-refractivity contribution in [2.45, 2.75) is 26.2 Å². The first kappa shape index (κ1) is 38.6. The van der Waals surface area contributed by atoms with E-state index in [2.05, 4.69) is 73.0 Å². The molecule has 3 aromatic heterocycles. The van der Waals surface area contributed by atoms with Gasteiger partial charge in [0.1, 0.15) is 5.82 Å². The maximum Gasteiger partial charge on any atom is 0.416 e. The molecule has 0 N–H and O–H groups in total. The summed E-state index contributed by atoms with van der Waals surface area (Å²) in [5.74, 6) is 0.466. The molecule has 0 spiro atoms. The summed E-state index contributed by atoms with van der Waals surface area (Å²) < 4.78 is 88.0. The van der Waals surface area contributed by atoms with Gasteiger partial charge in [-0.3, -0.25) is 4.57 Å². The Morgan fingerprint density at radius 3 is 1.50 bits per heavy atom. The highest BCUT2D eigenvalue weighted by atomic mass is 19.4. The summed E-state index contributed by atoms with van der Waals surface area (Å²) >= 11 is 0. The fourth-order valence-corrected chi connectivity index (χ4v) is 8.76. The average Bonchev–Trinajstić information content (AvgIpc) is 3.77. The number of nitrogens with zero attached hydrogens (tertiary/aromatic N) is 4. The highest BCUT2D eigenvalue weighted by Gasteiger charge is 2.37. The van der Waals surface area contributed by atoms with Gasteiger partial charge in [0.2, 0.25) is 0 Å². The molecule has 10 heteroatoms. The first-order chi connectivity index (χ1) is 29.7. The second-order valence-electron chi connectivity index (χ2n) is 15.6. The molecule has 10 aromatic rings. The van der Waals surface area contributed by atoms with Gasteiger partial charge in [-0.15, -0.1) is 0 Å². The molecule has 7 aromatic carbocycles. The zero-order valence-electron chi connectivity index (χ0n) is 33.1. The van der Waals surface area contributed by atoms with Crippen LogP contribution in [0.4, 0.5) is 26.3 Å². The molecule has 0 amide bonds. The number of nitriles is 1. The summed E-state index contributed by atoms with van der Waals surface area (Å²) in [5, 5.41) is 13.3. The van der Waals surface area contributed by atoms with Gasteiger partial charge in [-0.2, -0.15) is 31.6 Å². The minimum Gasteiger partial charge on any atom is -0.307 e. The smallest absolute Gasteiger partial charge is 0.307 e. The summed E-state index contributed by atoms with van der Waals surface area (Å²) in [6.45, 7) is 4.16. The molecule has 0 saturated carbocycles. The van der Waals surface area contributed by atoms with E-state index in [9.17, 15) is 31.6 Å². The molecule has 0 aliphatic carbocycles. The van der Waals surface area contributed by atoms with Gasteiger partial charge in [-0.1, -0.05) is 102 Å². The van der Waals surface area contributed by atoms with E-state index in [1.54, 1.807) is 36.5 Å². The van der Waals surface area contributed by atoms with Crippen LogP contribution in [-0.2, 0) is 12.4 Å². The third-order valence-electron chi connectivity index (χ3n) is 11.5. The third-order valence-corrected chi connectivity index (χ3v) is 11.5. The highest BCUT2D eigenvalue weighted by molar-refractivity contribution is 6.12. The maximum absolute atomic E-state index is 14.0. The lowest BCUT2D eigenvalue weighted by atomic mass is 9.98. The molecule has 0 radical (unpaired) electrons. The van der Waals surface area contributed by atoms with E-state index in [4.69, 9.17) is 4.98 Å². The number of para-hydroxylation sites is 2. The van der Waals surface area contributed by atoms with Gasteiger partial charge >= 0.3 is 12.4 Å². The zero-order valence-corrected chi connectivity index (χ0v) is 33.1. The largest absolute Gasteiger partial charge is 0.416 e. The van der Waals surface area contributed by atoms with Crippen LogP contribution in [0, 0.1) is 25.2 Å². The SMILES string of the molecule is Cc1cc(C)cc(-c2ccc3c4ccccc4n(-c4cnc(-n5c6ccccc6c6ccc(-c7cc(C(F)(F)F)cc(C(F)(F)F)c7)cc65)cc4-c4ccc(C#N)cc4)c3c2)c1. The number of alkyl halides is 6. The van der Waals surface area contributed by atoms with Gasteiger partial charge in [0, 0.05) is 27.1 Å². The predicted octanol–water partition coefficient (Wildman–Crippen LogP) is 14.8. The fourth-order valence-electron chi connectivity index (χ4n) is 8.76. The zero-order chi connectivity index (χ0) is 43.1. The Kier molecular flexibility index (Phi) is 8.85. The molecule has 62 heavy (non-hydrogen) atoms. The monoisotopic (exact) mass is 826 g/mol. The van der Waals surface area contributed by atoms with Crippen molar-refractivity contribution in [3.05, 3.63) is 186 Å². The third kappa shape index (κ3) is 6.54. The number of benzene rings is 7. The van der Waals surface area contributed by atoms with Crippen LogP contribution in [0.2, 0.25) is 0 Å². The van der Waals surface area contributed by atoms with Crippen molar-refractivity contribution in [1.82, 2.24) is 14.1 Å². The Balaban J connectivity index is 1.24. The molecule has 0 saturated heterocycles. The molecule has 302 valence electrons. The Morgan fingerprint density at radius 1 is 0.468 bits per heavy atom. The Bertz CT molecular complexity index is 3420. The Labute approximate surface area is 351 Å². The number of pyridine rings is 1. The predicted molar refractivity (Wildman–Crippen MR) is 233 cm³/mol. The normalized spacial score (nSPS) is 12.2. The van der Waals surface area contributed by atoms with Gasteiger partial charge in [0.15, 0.2) is 0 Å². The number of rotatable bonds is 5. The van der Waals surface area contributed by atoms with E-state index in [1.807, 2.05) is 59.2 Å². The molecule has 0 fully saturated rings. The summed E-state index contributed by atoms with van der Waals surface area (Å²) in [6, 6.07) is 46.5. The van der Waals surface area contributed by atoms with Crippen molar-refractivity contribution in [3.8, 4) is 51.0 Å². The first-order valence-electron chi connectivity index (χ1n) is 19.7.